The number of ether oxygens (including phenoxy) is 2. The summed E-state index contributed by atoms with van der Waals surface area (Å²) in [5, 5.41) is 0. The Morgan fingerprint density at radius 3 is 3.00 bits per heavy atom. The molecule has 88 valence electrons. The summed E-state index contributed by atoms with van der Waals surface area (Å²) in [4.78, 5) is 0. The molecule has 2 nitrogen and oxygen atoms in total. The van der Waals surface area contributed by atoms with E-state index in [0.717, 1.165) is 25.0 Å². The molecule has 1 saturated heterocycles. The van der Waals surface area contributed by atoms with Gasteiger partial charge in [0.15, 0.2) is 11.6 Å². The smallest absolute Gasteiger partial charge is 0.165 e. The van der Waals surface area contributed by atoms with Crippen LogP contribution in [0.1, 0.15) is 18.4 Å². The first-order valence-corrected chi connectivity index (χ1v) is 5.92. The molecule has 1 fully saturated rings. The third kappa shape index (κ3) is 2.86. The number of halogens is 2. The summed E-state index contributed by atoms with van der Waals surface area (Å²) in [7, 11) is 0. The molecule has 1 atom stereocenters. The molecule has 0 aliphatic carbocycles. The number of rotatable bonds is 3. The van der Waals surface area contributed by atoms with Crippen LogP contribution in [-0.2, 0) is 10.6 Å². The van der Waals surface area contributed by atoms with Crippen LogP contribution < -0.4 is 4.74 Å². The van der Waals surface area contributed by atoms with Crippen LogP contribution in [-0.4, -0.2) is 19.3 Å². The van der Waals surface area contributed by atoms with Gasteiger partial charge in [-0.15, -0.1) is 11.6 Å². The lowest BCUT2D eigenvalue weighted by Crippen LogP contribution is -2.28. The number of hydrogen-bond acceptors (Lipinski definition) is 2. The second-order valence-corrected chi connectivity index (χ2v) is 4.12. The Labute approximate surface area is 99.3 Å². The van der Waals surface area contributed by atoms with Gasteiger partial charge in [-0.1, -0.05) is 6.07 Å². The Morgan fingerprint density at radius 1 is 1.50 bits per heavy atom. The van der Waals surface area contributed by atoms with Crippen molar-refractivity contribution >= 4 is 11.6 Å². The van der Waals surface area contributed by atoms with Gasteiger partial charge in [0.25, 0.3) is 0 Å². The number of hydrogen-bond donors (Lipinski definition) is 0. The fraction of sp³-hybridized carbons (Fsp3) is 0.500. The fourth-order valence-electron chi connectivity index (χ4n) is 1.71. The molecule has 2 rings (SSSR count). The Hall–Kier alpha value is -0.800. The molecule has 1 heterocycles. The van der Waals surface area contributed by atoms with Crippen LogP contribution in [0, 0.1) is 5.82 Å². The third-order valence-electron chi connectivity index (χ3n) is 2.56. The summed E-state index contributed by atoms with van der Waals surface area (Å²) in [5.74, 6) is 0.233. The van der Waals surface area contributed by atoms with Crippen molar-refractivity contribution in [1.29, 1.82) is 0 Å². The second kappa shape index (κ2) is 5.51. The summed E-state index contributed by atoms with van der Waals surface area (Å²) in [6.45, 7) is 1.31. The lowest BCUT2D eigenvalue weighted by Gasteiger charge is -2.23. The van der Waals surface area contributed by atoms with Crippen LogP contribution >= 0.6 is 11.6 Å². The molecule has 0 saturated carbocycles. The molecular weight excluding hydrogens is 231 g/mol. The van der Waals surface area contributed by atoms with Gasteiger partial charge in [-0.3, -0.25) is 0 Å². The highest BCUT2D eigenvalue weighted by Crippen LogP contribution is 2.22. The molecule has 1 unspecified atom stereocenters. The van der Waals surface area contributed by atoms with E-state index in [9.17, 15) is 4.39 Å². The highest BCUT2D eigenvalue weighted by molar-refractivity contribution is 6.17. The van der Waals surface area contributed by atoms with Gasteiger partial charge in [0, 0.05) is 12.5 Å². The number of alkyl halides is 1. The monoisotopic (exact) mass is 244 g/mol. The van der Waals surface area contributed by atoms with E-state index in [2.05, 4.69) is 0 Å². The van der Waals surface area contributed by atoms with Crippen molar-refractivity contribution in [2.75, 3.05) is 13.2 Å². The molecular formula is C12H14ClFO2. The van der Waals surface area contributed by atoms with Gasteiger partial charge in [-0.05, 0) is 30.5 Å². The van der Waals surface area contributed by atoms with Gasteiger partial charge in [0.2, 0.25) is 0 Å². The zero-order valence-electron chi connectivity index (χ0n) is 8.92. The first kappa shape index (κ1) is 11.7. The summed E-state index contributed by atoms with van der Waals surface area (Å²) in [5.41, 5.74) is 0.756. The quantitative estimate of drug-likeness (QED) is 0.761. The van der Waals surface area contributed by atoms with Crippen molar-refractivity contribution in [1.82, 2.24) is 0 Å². The zero-order valence-corrected chi connectivity index (χ0v) is 9.67. The molecule has 1 aromatic carbocycles. The van der Waals surface area contributed by atoms with Gasteiger partial charge in [0.05, 0.1) is 6.61 Å². The van der Waals surface area contributed by atoms with E-state index < -0.39 is 0 Å². The van der Waals surface area contributed by atoms with E-state index in [1.165, 1.54) is 6.07 Å². The maximum absolute atomic E-state index is 13.6. The van der Waals surface area contributed by atoms with Crippen molar-refractivity contribution < 1.29 is 13.9 Å². The van der Waals surface area contributed by atoms with Crippen LogP contribution in [0.4, 0.5) is 4.39 Å². The minimum absolute atomic E-state index is 0.0369. The predicted molar refractivity (Wildman–Crippen MR) is 60.4 cm³/mol. The highest BCUT2D eigenvalue weighted by Gasteiger charge is 2.17. The van der Waals surface area contributed by atoms with Gasteiger partial charge >= 0.3 is 0 Å². The Morgan fingerprint density at radius 2 is 2.38 bits per heavy atom. The van der Waals surface area contributed by atoms with Crippen LogP contribution in [0.2, 0.25) is 0 Å². The topological polar surface area (TPSA) is 18.5 Å². The molecule has 1 aromatic rings. The Balaban J connectivity index is 2.03. The number of benzene rings is 1. The van der Waals surface area contributed by atoms with Crippen LogP contribution in [0.25, 0.3) is 0 Å². The normalized spacial score (nSPS) is 20.8. The molecule has 16 heavy (non-hydrogen) atoms. The predicted octanol–water partition coefficient (Wildman–Crippen LogP) is 3.12. The molecule has 0 bridgehead atoms. The minimum atomic E-state index is -0.358. The van der Waals surface area contributed by atoms with Crippen molar-refractivity contribution in [3.63, 3.8) is 0 Å². The molecule has 0 N–H and O–H groups in total. The SMILES string of the molecule is Fc1cc(CCl)ccc1OC1CCCOC1. The average molecular weight is 245 g/mol. The lowest BCUT2D eigenvalue weighted by molar-refractivity contribution is 0.00587. The maximum Gasteiger partial charge on any atom is 0.165 e. The van der Waals surface area contributed by atoms with E-state index in [4.69, 9.17) is 21.1 Å². The molecule has 1 aliphatic rings. The maximum atomic E-state index is 13.6. The average Bonchev–Trinajstić information content (AvgIpc) is 2.33. The first-order valence-electron chi connectivity index (χ1n) is 5.38. The summed E-state index contributed by atoms with van der Waals surface area (Å²) >= 11 is 5.62. The van der Waals surface area contributed by atoms with E-state index in [-0.39, 0.29) is 17.7 Å². The third-order valence-corrected chi connectivity index (χ3v) is 2.87. The van der Waals surface area contributed by atoms with Crippen molar-refractivity contribution in [3.8, 4) is 5.75 Å². The van der Waals surface area contributed by atoms with Crippen LogP contribution in [0.5, 0.6) is 5.75 Å². The summed E-state index contributed by atoms with van der Waals surface area (Å²) in [6.07, 6.45) is 1.84. The molecule has 0 spiro atoms. The minimum Gasteiger partial charge on any atom is -0.485 e. The standard InChI is InChI=1S/C12H14ClFO2/c13-7-9-3-4-12(11(14)6-9)16-10-2-1-5-15-8-10/h3-4,6,10H,1-2,5,7-8H2. The fourth-order valence-corrected chi connectivity index (χ4v) is 1.87. The van der Waals surface area contributed by atoms with E-state index in [1.807, 2.05) is 0 Å². The first-order chi connectivity index (χ1) is 7.79. The Bertz CT molecular complexity index is 351. The Kier molecular flexibility index (Phi) is 4.02. The largest absolute Gasteiger partial charge is 0.485 e. The molecule has 0 radical (unpaired) electrons. The van der Waals surface area contributed by atoms with Gasteiger partial charge in [0.1, 0.15) is 6.10 Å². The molecule has 4 heteroatoms. The van der Waals surface area contributed by atoms with Gasteiger partial charge < -0.3 is 9.47 Å². The van der Waals surface area contributed by atoms with Gasteiger partial charge in [-0.2, -0.15) is 0 Å². The van der Waals surface area contributed by atoms with Crippen molar-refractivity contribution in [3.05, 3.63) is 29.6 Å². The van der Waals surface area contributed by atoms with Crippen molar-refractivity contribution in [2.45, 2.75) is 24.8 Å². The molecule has 1 aliphatic heterocycles. The van der Waals surface area contributed by atoms with E-state index in [0.29, 0.717) is 12.5 Å². The lowest BCUT2D eigenvalue weighted by atomic mass is 10.1. The zero-order chi connectivity index (χ0) is 11.4. The van der Waals surface area contributed by atoms with Gasteiger partial charge in [-0.25, -0.2) is 4.39 Å². The van der Waals surface area contributed by atoms with Crippen molar-refractivity contribution in [2.24, 2.45) is 0 Å². The summed E-state index contributed by atoms with van der Waals surface area (Å²) < 4.78 is 24.4. The molecule has 0 amide bonds. The van der Waals surface area contributed by atoms with Crippen LogP contribution in [0.15, 0.2) is 18.2 Å². The second-order valence-electron chi connectivity index (χ2n) is 3.86. The van der Waals surface area contributed by atoms with Crippen LogP contribution in [0.3, 0.4) is 0 Å². The summed E-state index contributed by atoms with van der Waals surface area (Å²) in [6, 6.07) is 4.81. The van der Waals surface area contributed by atoms with E-state index >= 15 is 0 Å². The van der Waals surface area contributed by atoms with E-state index in [1.54, 1.807) is 12.1 Å². The molecule has 0 aromatic heterocycles. The highest BCUT2D eigenvalue weighted by atomic mass is 35.5.